The van der Waals surface area contributed by atoms with Crippen LogP contribution < -0.4 is 0 Å². The fourth-order valence-electron chi connectivity index (χ4n) is 2.74. The highest BCUT2D eigenvalue weighted by atomic mass is 28.4. The van der Waals surface area contributed by atoms with Crippen molar-refractivity contribution in [2.45, 2.75) is 96.6 Å². The molecule has 0 bridgehead atoms. The fourth-order valence-corrected chi connectivity index (χ4v) is 4.11. The van der Waals surface area contributed by atoms with Crippen LogP contribution in [0.25, 0.3) is 0 Å². The number of rotatable bonds is 6. The summed E-state index contributed by atoms with van der Waals surface area (Å²) in [4.78, 5) is 12.3. The van der Waals surface area contributed by atoms with Crippen molar-refractivity contribution in [2.24, 2.45) is 5.92 Å². The van der Waals surface area contributed by atoms with E-state index in [1.54, 1.807) is 0 Å². The Morgan fingerprint density at radius 3 is 2.24 bits per heavy atom. The lowest BCUT2D eigenvalue weighted by Gasteiger charge is -2.38. The molecule has 0 amide bonds. The zero-order chi connectivity index (χ0) is 16.3. The van der Waals surface area contributed by atoms with Crippen molar-refractivity contribution >= 4 is 14.1 Å². The van der Waals surface area contributed by atoms with Gasteiger partial charge in [0.05, 0.1) is 6.10 Å². The minimum absolute atomic E-state index is 0.0536. The van der Waals surface area contributed by atoms with E-state index >= 15 is 0 Å². The highest BCUT2D eigenvalue weighted by Gasteiger charge is 2.39. The number of carbonyl (C=O) groups excluding carboxylic acids is 1. The fraction of sp³-hybridized carbons (Fsp3) is 0.941. The van der Waals surface area contributed by atoms with Gasteiger partial charge in [-0.05, 0) is 43.8 Å². The molecule has 0 aliphatic heterocycles. The normalized spacial score (nSPS) is 21.1. The second-order valence-corrected chi connectivity index (χ2v) is 12.9. The largest absolute Gasteiger partial charge is 0.407 e. The molecule has 3 nitrogen and oxygen atoms in total. The van der Waals surface area contributed by atoms with Gasteiger partial charge in [-0.15, -0.1) is 0 Å². The number of aliphatic hydroxyl groups excluding tert-OH is 1. The molecule has 1 saturated carbocycles. The Kier molecular flexibility index (Phi) is 6.63. The van der Waals surface area contributed by atoms with Crippen LogP contribution in [-0.2, 0) is 9.22 Å². The van der Waals surface area contributed by atoms with Crippen molar-refractivity contribution in [3.05, 3.63) is 0 Å². The summed E-state index contributed by atoms with van der Waals surface area (Å²) < 4.78 is 6.13. The molecule has 0 aromatic carbocycles. The van der Waals surface area contributed by atoms with Gasteiger partial charge in [-0.1, -0.05) is 40.0 Å². The zero-order valence-electron chi connectivity index (χ0n) is 14.7. The van der Waals surface area contributed by atoms with E-state index in [0.717, 1.165) is 12.8 Å². The number of hydrogen-bond donors (Lipinski definition) is 1. The molecule has 0 aromatic heterocycles. The lowest BCUT2D eigenvalue weighted by Crippen LogP contribution is -2.45. The van der Waals surface area contributed by atoms with Gasteiger partial charge < -0.3 is 9.53 Å². The Morgan fingerprint density at radius 2 is 1.76 bits per heavy atom. The Balaban J connectivity index is 2.50. The molecule has 0 saturated heterocycles. The average molecular weight is 315 g/mol. The summed E-state index contributed by atoms with van der Waals surface area (Å²) in [5, 5.41) is 10.4. The van der Waals surface area contributed by atoms with Gasteiger partial charge in [0.2, 0.25) is 0 Å². The highest BCUT2D eigenvalue weighted by molar-refractivity contribution is 6.74. The third-order valence-electron chi connectivity index (χ3n) is 5.34. The molecular weight excluding hydrogens is 280 g/mol. The Labute approximate surface area is 131 Å². The van der Waals surface area contributed by atoms with Gasteiger partial charge in [0, 0.05) is 6.42 Å². The smallest absolute Gasteiger partial charge is 0.193 e. The van der Waals surface area contributed by atoms with Crippen LogP contribution in [0.2, 0.25) is 18.1 Å². The van der Waals surface area contributed by atoms with Crippen molar-refractivity contribution in [3.8, 4) is 0 Å². The lowest BCUT2D eigenvalue weighted by atomic mass is 9.83. The summed E-state index contributed by atoms with van der Waals surface area (Å²) >= 11 is 0. The van der Waals surface area contributed by atoms with Crippen molar-refractivity contribution < 1.29 is 14.3 Å². The standard InChI is InChI=1S/C17H34O3Si/c1-13(20-21(5,6)17(2,3)4)15(18)12-16(19)14-10-8-7-9-11-14/h13-14,16,19H,7-12H2,1-6H3/t13-,16-/m0/s1. The van der Waals surface area contributed by atoms with E-state index in [0.29, 0.717) is 5.92 Å². The molecule has 0 unspecified atom stereocenters. The molecule has 0 spiro atoms. The van der Waals surface area contributed by atoms with Crippen LogP contribution in [0.1, 0.15) is 66.2 Å². The Morgan fingerprint density at radius 1 is 1.24 bits per heavy atom. The topological polar surface area (TPSA) is 46.5 Å². The van der Waals surface area contributed by atoms with E-state index in [4.69, 9.17) is 4.43 Å². The molecule has 1 fully saturated rings. The zero-order valence-corrected chi connectivity index (χ0v) is 15.7. The van der Waals surface area contributed by atoms with Crippen LogP contribution in [0.5, 0.6) is 0 Å². The molecule has 0 radical (unpaired) electrons. The van der Waals surface area contributed by atoms with Crippen LogP contribution in [0.15, 0.2) is 0 Å². The maximum Gasteiger partial charge on any atom is 0.193 e. The summed E-state index contributed by atoms with van der Waals surface area (Å²) in [6.07, 6.45) is 5.13. The predicted molar refractivity (Wildman–Crippen MR) is 89.9 cm³/mol. The van der Waals surface area contributed by atoms with Crippen LogP contribution >= 0.6 is 0 Å². The number of carbonyl (C=O) groups is 1. The SMILES string of the molecule is C[C@H](O[Si](C)(C)C(C)(C)C)C(=O)C[C@H](O)C1CCCCC1. The van der Waals surface area contributed by atoms with Crippen molar-refractivity contribution in [1.29, 1.82) is 0 Å². The van der Waals surface area contributed by atoms with Gasteiger partial charge in [0.25, 0.3) is 0 Å². The minimum atomic E-state index is -1.92. The maximum absolute atomic E-state index is 12.3. The molecule has 0 aromatic rings. The third kappa shape index (κ3) is 5.50. The molecular formula is C17H34O3Si. The number of hydrogen-bond acceptors (Lipinski definition) is 3. The maximum atomic E-state index is 12.3. The molecule has 1 rings (SSSR count). The summed E-state index contributed by atoms with van der Waals surface area (Å²) in [7, 11) is -1.92. The summed E-state index contributed by atoms with van der Waals surface area (Å²) in [5.74, 6) is 0.362. The monoisotopic (exact) mass is 314 g/mol. The van der Waals surface area contributed by atoms with Crippen LogP contribution in [-0.4, -0.2) is 31.4 Å². The van der Waals surface area contributed by atoms with Gasteiger partial charge >= 0.3 is 0 Å². The number of ketones is 1. The molecule has 0 heterocycles. The first-order valence-electron chi connectivity index (χ1n) is 8.43. The molecule has 1 N–H and O–H groups in total. The third-order valence-corrected chi connectivity index (χ3v) is 9.89. The van der Waals surface area contributed by atoms with E-state index in [2.05, 4.69) is 33.9 Å². The summed E-state index contributed by atoms with van der Waals surface area (Å²) in [6, 6.07) is 0. The first-order valence-corrected chi connectivity index (χ1v) is 11.3. The van der Waals surface area contributed by atoms with E-state index in [-0.39, 0.29) is 17.2 Å². The van der Waals surface area contributed by atoms with Crippen LogP contribution in [0.3, 0.4) is 0 Å². The van der Waals surface area contributed by atoms with Crippen LogP contribution in [0.4, 0.5) is 0 Å². The van der Waals surface area contributed by atoms with Gasteiger partial charge in [-0.25, -0.2) is 0 Å². The minimum Gasteiger partial charge on any atom is -0.407 e. The molecule has 124 valence electrons. The summed E-state index contributed by atoms with van der Waals surface area (Å²) in [6.45, 7) is 12.7. The Hall–Kier alpha value is -0.193. The molecule has 2 atom stereocenters. The Bertz CT molecular complexity index is 340. The van der Waals surface area contributed by atoms with Gasteiger partial charge in [0.1, 0.15) is 6.10 Å². The van der Waals surface area contributed by atoms with E-state index < -0.39 is 20.5 Å². The molecule has 1 aliphatic rings. The predicted octanol–water partition coefficient (Wildman–Crippen LogP) is 4.30. The first kappa shape index (κ1) is 18.9. The quantitative estimate of drug-likeness (QED) is 0.744. The second kappa shape index (κ2) is 7.38. The van der Waals surface area contributed by atoms with E-state index in [9.17, 15) is 9.90 Å². The number of Topliss-reactive ketones (excluding diaryl/α,β-unsaturated/α-hetero) is 1. The average Bonchev–Trinajstić information content (AvgIpc) is 2.37. The van der Waals surface area contributed by atoms with Crippen LogP contribution in [0, 0.1) is 5.92 Å². The van der Waals surface area contributed by atoms with Gasteiger partial charge in [-0.3, -0.25) is 4.79 Å². The van der Waals surface area contributed by atoms with E-state index in [1.165, 1.54) is 19.3 Å². The molecule has 1 aliphatic carbocycles. The van der Waals surface area contributed by atoms with Gasteiger partial charge in [0.15, 0.2) is 14.1 Å². The van der Waals surface area contributed by atoms with Crippen molar-refractivity contribution in [3.63, 3.8) is 0 Å². The van der Waals surface area contributed by atoms with E-state index in [1.807, 2.05) is 6.92 Å². The number of aliphatic hydroxyl groups is 1. The lowest BCUT2D eigenvalue weighted by molar-refractivity contribution is -0.128. The molecule has 21 heavy (non-hydrogen) atoms. The second-order valence-electron chi connectivity index (χ2n) is 8.16. The molecule has 4 heteroatoms. The first-order chi connectivity index (χ1) is 9.54. The highest BCUT2D eigenvalue weighted by Crippen LogP contribution is 2.37. The van der Waals surface area contributed by atoms with Gasteiger partial charge in [-0.2, -0.15) is 0 Å². The van der Waals surface area contributed by atoms with Crippen molar-refractivity contribution in [2.75, 3.05) is 0 Å². The van der Waals surface area contributed by atoms with Crippen molar-refractivity contribution in [1.82, 2.24) is 0 Å². The summed E-state index contributed by atoms with van der Waals surface area (Å²) in [5.41, 5.74) is 0.